The lowest BCUT2D eigenvalue weighted by atomic mass is 10.1. The van der Waals surface area contributed by atoms with Crippen LogP contribution >= 0.6 is 22.6 Å². The molecule has 0 bridgehead atoms. The molecule has 2 rings (SSSR count). The third-order valence-corrected chi connectivity index (χ3v) is 3.32. The summed E-state index contributed by atoms with van der Waals surface area (Å²) < 4.78 is 7.06. The summed E-state index contributed by atoms with van der Waals surface area (Å²) in [5.41, 5.74) is 2.45. The minimum Gasteiger partial charge on any atom is -0.457 e. The Morgan fingerprint density at radius 3 is 2.31 bits per heavy atom. The largest absolute Gasteiger partial charge is 0.457 e. The molecule has 0 heterocycles. The number of halogens is 1. The molecule has 0 amide bonds. The molecule has 2 heteroatoms. The second kappa shape index (κ2) is 4.87. The fourth-order valence-electron chi connectivity index (χ4n) is 1.46. The van der Waals surface area contributed by atoms with Crippen LogP contribution in [-0.2, 0) is 0 Å². The Kier molecular flexibility index (Phi) is 3.49. The topological polar surface area (TPSA) is 9.23 Å². The summed E-state index contributed by atoms with van der Waals surface area (Å²) in [5, 5.41) is 0. The lowest BCUT2D eigenvalue weighted by molar-refractivity contribution is 0.478. The van der Waals surface area contributed by atoms with E-state index in [0.717, 1.165) is 11.5 Å². The van der Waals surface area contributed by atoms with Crippen LogP contribution in [0.4, 0.5) is 0 Å². The van der Waals surface area contributed by atoms with Crippen molar-refractivity contribution >= 4 is 22.6 Å². The maximum Gasteiger partial charge on any atom is 0.130 e. The Balaban J connectivity index is 2.27. The Morgan fingerprint density at radius 2 is 1.62 bits per heavy atom. The zero-order chi connectivity index (χ0) is 11.5. The Morgan fingerprint density at radius 1 is 0.938 bits per heavy atom. The molecule has 0 atom stereocenters. The van der Waals surface area contributed by atoms with Gasteiger partial charge in [-0.15, -0.1) is 0 Å². The fourth-order valence-corrected chi connectivity index (χ4v) is 1.82. The van der Waals surface area contributed by atoms with E-state index in [4.69, 9.17) is 4.74 Å². The van der Waals surface area contributed by atoms with Crippen LogP contribution in [0.5, 0.6) is 11.5 Å². The van der Waals surface area contributed by atoms with Crippen molar-refractivity contribution in [1.82, 2.24) is 0 Å². The number of hydrogen-bond acceptors (Lipinski definition) is 1. The van der Waals surface area contributed by atoms with E-state index < -0.39 is 0 Å². The number of ether oxygens (including phenoxy) is 1. The maximum absolute atomic E-state index is 5.84. The van der Waals surface area contributed by atoms with Gasteiger partial charge in [0.05, 0.1) is 0 Å². The van der Waals surface area contributed by atoms with Crippen LogP contribution in [0.2, 0.25) is 0 Å². The molecule has 0 aromatic heterocycles. The average molecular weight is 324 g/mol. The molecule has 0 aliphatic rings. The smallest absolute Gasteiger partial charge is 0.130 e. The van der Waals surface area contributed by atoms with Crippen LogP contribution in [0.3, 0.4) is 0 Å². The van der Waals surface area contributed by atoms with Crippen LogP contribution in [0.15, 0.2) is 42.5 Å². The molecule has 0 aliphatic carbocycles. The van der Waals surface area contributed by atoms with Crippen LogP contribution < -0.4 is 4.74 Å². The van der Waals surface area contributed by atoms with Crippen molar-refractivity contribution in [2.24, 2.45) is 0 Å². The van der Waals surface area contributed by atoms with Gasteiger partial charge in [-0.25, -0.2) is 0 Å². The van der Waals surface area contributed by atoms with E-state index in [0.29, 0.717) is 0 Å². The van der Waals surface area contributed by atoms with Crippen molar-refractivity contribution in [3.8, 4) is 11.5 Å². The van der Waals surface area contributed by atoms with Crippen molar-refractivity contribution in [2.75, 3.05) is 0 Å². The third kappa shape index (κ3) is 2.55. The van der Waals surface area contributed by atoms with E-state index in [1.54, 1.807) is 0 Å². The quantitative estimate of drug-likeness (QED) is 0.728. The van der Waals surface area contributed by atoms with E-state index in [9.17, 15) is 0 Å². The van der Waals surface area contributed by atoms with Gasteiger partial charge in [0.2, 0.25) is 0 Å². The van der Waals surface area contributed by atoms with Gasteiger partial charge in [-0.3, -0.25) is 0 Å². The van der Waals surface area contributed by atoms with Crippen molar-refractivity contribution in [2.45, 2.75) is 13.8 Å². The molecule has 0 saturated heterocycles. The van der Waals surface area contributed by atoms with Crippen LogP contribution in [0.1, 0.15) is 11.1 Å². The van der Waals surface area contributed by atoms with Gasteiger partial charge in [0, 0.05) is 3.57 Å². The average Bonchev–Trinajstić information content (AvgIpc) is 2.28. The van der Waals surface area contributed by atoms with Crippen molar-refractivity contribution in [3.05, 3.63) is 57.2 Å². The molecule has 0 fully saturated rings. The third-order valence-electron chi connectivity index (χ3n) is 2.60. The van der Waals surface area contributed by atoms with E-state index >= 15 is 0 Å². The summed E-state index contributed by atoms with van der Waals surface area (Å²) in [5.74, 6) is 1.82. The highest BCUT2D eigenvalue weighted by Gasteiger charge is 2.02. The Hall–Kier alpha value is -1.03. The molecule has 0 N–H and O–H groups in total. The van der Waals surface area contributed by atoms with Gasteiger partial charge < -0.3 is 4.74 Å². The summed E-state index contributed by atoms with van der Waals surface area (Å²) in [4.78, 5) is 0. The van der Waals surface area contributed by atoms with Gasteiger partial charge in [0.1, 0.15) is 11.5 Å². The lowest BCUT2D eigenvalue weighted by Gasteiger charge is -2.10. The molecule has 1 nitrogen and oxygen atoms in total. The Labute approximate surface area is 110 Å². The van der Waals surface area contributed by atoms with Crippen molar-refractivity contribution in [1.29, 1.82) is 0 Å². The summed E-state index contributed by atoms with van der Waals surface area (Å²) in [6.07, 6.45) is 0. The van der Waals surface area contributed by atoms with E-state index in [-0.39, 0.29) is 0 Å². The second-order valence-corrected chi connectivity index (χ2v) is 5.00. The van der Waals surface area contributed by atoms with E-state index in [2.05, 4.69) is 42.5 Å². The molecule has 0 aliphatic heterocycles. The van der Waals surface area contributed by atoms with Gasteiger partial charge in [0.25, 0.3) is 0 Å². The number of aryl methyl sites for hydroxylation is 1. The molecule has 0 radical (unpaired) electrons. The van der Waals surface area contributed by atoms with Crippen molar-refractivity contribution < 1.29 is 4.74 Å². The first-order valence-electron chi connectivity index (χ1n) is 5.16. The van der Waals surface area contributed by atoms with Gasteiger partial charge in [-0.1, -0.05) is 12.1 Å². The first-order valence-corrected chi connectivity index (χ1v) is 6.24. The maximum atomic E-state index is 5.84. The number of rotatable bonds is 2. The zero-order valence-corrected chi connectivity index (χ0v) is 11.5. The number of benzene rings is 2. The first-order chi connectivity index (χ1) is 7.66. The molecule has 16 heavy (non-hydrogen) atoms. The molecular formula is C14H13IO. The predicted octanol–water partition coefficient (Wildman–Crippen LogP) is 4.70. The van der Waals surface area contributed by atoms with E-state index in [1.807, 2.05) is 36.4 Å². The Bertz CT molecular complexity index is 489. The fraction of sp³-hybridized carbons (Fsp3) is 0.143. The highest BCUT2D eigenvalue weighted by Crippen LogP contribution is 2.26. The predicted molar refractivity (Wildman–Crippen MR) is 75.1 cm³/mol. The molecule has 2 aromatic carbocycles. The van der Waals surface area contributed by atoms with Crippen LogP contribution in [0, 0.1) is 17.4 Å². The van der Waals surface area contributed by atoms with Crippen molar-refractivity contribution in [3.63, 3.8) is 0 Å². The highest BCUT2D eigenvalue weighted by molar-refractivity contribution is 14.1. The SMILES string of the molecule is Cc1cccc(Oc2ccc(I)cc2)c1C. The molecule has 2 aromatic rings. The number of hydrogen-bond donors (Lipinski definition) is 0. The normalized spacial score (nSPS) is 10.2. The van der Waals surface area contributed by atoms with Crippen LogP contribution in [-0.4, -0.2) is 0 Å². The second-order valence-electron chi connectivity index (χ2n) is 3.75. The molecule has 0 unspecified atom stereocenters. The lowest BCUT2D eigenvalue weighted by Crippen LogP contribution is -1.89. The van der Waals surface area contributed by atoms with Gasteiger partial charge in [0.15, 0.2) is 0 Å². The minimum absolute atomic E-state index is 0.883. The zero-order valence-electron chi connectivity index (χ0n) is 9.33. The van der Waals surface area contributed by atoms with Gasteiger partial charge >= 0.3 is 0 Å². The van der Waals surface area contributed by atoms with Gasteiger partial charge in [-0.05, 0) is 77.9 Å². The standard InChI is InChI=1S/C14H13IO/c1-10-4-3-5-14(11(10)2)16-13-8-6-12(15)7-9-13/h3-9H,1-2H3. The summed E-state index contributed by atoms with van der Waals surface area (Å²) in [6.45, 7) is 4.17. The summed E-state index contributed by atoms with van der Waals surface area (Å²) in [6, 6.07) is 14.2. The minimum atomic E-state index is 0.883. The molecule has 0 saturated carbocycles. The highest BCUT2D eigenvalue weighted by atomic mass is 127. The molecule has 0 spiro atoms. The first kappa shape index (κ1) is 11.5. The van der Waals surface area contributed by atoms with Crippen LogP contribution in [0.25, 0.3) is 0 Å². The summed E-state index contributed by atoms with van der Waals surface area (Å²) >= 11 is 2.28. The van der Waals surface area contributed by atoms with E-state index in [1.165, 1.54) is 14.7 Å². The molecule has 82 valence electrons. The monoisotopic (exact) mass is 324 g/mol. The van der Waals surface area contributed by atoms with Gasteiger partial charge in [-0.2, -0.15) is 0 Å². The summed E-state index contributed by atoms with van der Waals surface area (Å²) in [7, 11) is 0. The molecular weight excluding hydrogens is 311 g/mol.